The first-order valence-electron chi connectivity index (χ1n) is 5.57. The highest BCUT2D eigenvalue weighted by Gasteiger charge is 1.83. The molecule has 0 saturated heterocycles. The molecular formula is C13H28. The summed E-state index contributed by atoms with van der Waals surface area (Å²) in [5.41, 5.74) is 1.47. The summed E-state index contributed by atoms with van der Waals surface area (Å²) >= 11 is 0. The van der Waals surface area contributed by atoms with Crippen molar-refractivity contribution in [2.75, 3.05) is 0 Å². The minimum atomic E-state index is 1.16. The fraction of sp³-hybridized carbons (Fsp3) is 0.692. The Kier molecular flexibility index (Phi) is 31.7. The molecule has 0 saturated carbocycles. The van der Waals surface area contributed by atoms with Gasteiger partial charge in [0.25, 0.3) is 0 Å². The first kappa shape index (κ1) is 18.3. The SMILES string of the molecule is C=CC=C(CC)CC.CC.CCC. The van der Waals surface area contributed by atoms with Gasteiger partial charge in [-0.2, -0.15) is 0 Å². The first-order chi connectivity index (χ1) is 6.26. The smallest absolute Gasteiger partial charge is 0.0346 e. The molecule has 0 amide bonds. The third-order valence-electron chi connectivity index (χ3n) is 1.26. The van der Waals surface area contributed by atoms with Crippen LogP contribution in [-0.4, -0.2) is 0 Å². The lowest BCUT2D eigenvalue weighted by molar-refractivity contribution is 0.978. The molecule has 0 aliphatic carbocycles. The van der Waals surface area contributed by atoms with E-state index in [9.17, 15) is 0 Å². The Morgan fingerprint density at radius 1 is 1.00 bits per heavy atom. The second-order valence-electron chi connectivity index (χ2n) is 2.47. The predicted molar refractivity (Wildman–Crippen MR) is 66.2 cm³/mol. The average molecular weight is 184 g/mol. The predicted octanol–water partition coefficient (Wildman–Crippen LogP) is 5.36. The molecule has 0 aliphatic heterocycles. The zero-order valence-corrected chi connectivity index (χ0v) is 10.5. The monoisotopic (exact) mass is 184 g/mol. The highest BCUT2D eigenvalue weighted by molar-refractivity contribution is 5.08. The number of hydrogen-bond donors (Lipinski definition) is 0. The van der Waals surface area contributed by atoms with E-state index in [-0.39, 0.29) is 0 Å². The molecule has 0 bridgehead atoms. The lowest BCUT2D eigenvalue weighted by Crippen LogP contribution is -1.73. The lowest BCUT2D eigenvalue weighted by Gasteiger charge is -1.93. The van der Waals surface area contributed by atoms with Crippen molar-refractivity contribution in [3.05, 3.63) is 24.3 Å². The van der Waals surface area contributed by atoms with Crippen molar-refractivity contribution in [2.45, 2.75) is 60.8 Å². The summed E-state index contributed by atoms with van der Waals surface area (Å²) in [6.45, 7) is 16.2. The van der Waals surface area contributed by atoms with E-state index >= 15 is 0 Å². The maximum atomic E-state index is 3.62. The number of allylic oxidation sites excluding steroid dienone is 3. The van der Waals surface area contributed by atoms with Crippen molar-refractivity contribution >= 4 is 0 Å². The van der Waals surface area contributed by atoms with Crippen LogP contribution in [0.25, 0.3) is 0 Å². The summed E-state index contributed by atoms with van der Waals surface area (Å²) in [5.74, 6) is 0. The molecule has 0 rings (SSSR count). The Balaban J connectivity index is -0.000000169. The maximum absolute atomic E-state index is 3.62. The third-order valence-corrected chi connectivity index (χ3v) is 1.26. The zero-order chi connectivity index (χ0) is 11.1. The molecule has 0 N–H and O–H groups in total. The highest BCUT2D eigenvalue weighted by Crippen LogP contribution is 2.03. The highest BCUT2D eigenvalue weighted by atomic mass is 13.9. The van der Waals surface area contributed by atoms with E-state index in [1.807, 2.05) is 19.9 Å². The second-order valence-corrected chi connectivity index (χ2v) is 2.47. The Labute approximate surface area is 85.8 Å². The fourth-order valence-corrected chi connectivity index (χ4v) is 0.652. The van der Waals surface area contributed by atoms with E-state index in [0.29, 0.717) is 0 Å². The first-order valence-corrected chi connectivity index (χ1v) is 5.57. The Morgan fingerprint density at radius 2 is 1.31 bits per heavy atom. The average Bonchev–Trinajstić information content (AvgIpc) is 2.18. The molecule has 80 valence electrons. The molecule has 0 heteroatoms. The van der Waals surface area contributed by atoms with Crippen LogP contribution in [0.4, 0.5) is 0 Å². The molecule has 0 aliphatic rings. The molecule has 0 heterocycles. The van der Waals surface area contributed by atoms with Crippen LogP contribution in [0.3, 0.4) is 0 Å². The molecule has 0 unspecified atom stereocenters. The van der Waals surface area contributed by atoms with Crippen molar-refractivity contribution in [2.24, 2.45) is 0 Å². The van der Waals surface area contributed by atoms with E-state index < -0.39 is 0 Å². The van der Waals surface area contributed by atoms with Crippen LogP contribution in [0.15, 0.2) is 24.3 Å². The van der Waals surface area contributed by atoms with Crippen molar-refractivity contribution in [3.63, 3.8) is 0 Å². The van der Waals surface area contributed by atoms with Crippen molar-refractivity contribution in [3.8, 4) is 0 Å². The van der Waals surface area contributed by atoms with Gasteiger partial charge in [-0.25, -0.2) is 0 Å². The molecule has 0 nitrogen and oxygen atoms in total. The van der Waals surface area contributed by atoms with Gasteiger partial charge in [0.15, 0.2) is 0 Å². The summed E-state index contributed by atoms with van der Waals surface area (Å²) in [5, 5.41) is 0. The molecule has 0 aromatic heterocycles. The molecular weight excluding hydrogens is 156 g/mol. The molecule has 0 aromatic carbocycles. The van der Waals surface area contributed by atoms with Gasteiger partial charge in [0, 0.05) is 0 Å². The van der Waals surface area contributed by atoms with Gasteiger partial charge < -0.3 is 0 Å². The standard InChI is InChI=1S/C8H14.C3H8.C2H6/c1-4-7-8(5-2)6-3;1-3-2;1-2/h4,7H,1,5-6H2,2-3H3;3H2,1-2H3;1-2H3. The van der Waals surface area contributed by atoms with Crippen molar-refractivity contribution in [1.29, 1.82) is 0 Å². The van der Waals surface area contributed by atoms with Crippen LogP contribution in [0, 0.1) is 0 Å². The van der Waals surface area contributed by atoms with Gasteiger partial charge in [-0.1, -0.05) is 72.3 Å². The van der Waals surface area contributed by atoms with Gasteiger partial charge >= 0.3 is 0 Å². The van der Waals surface area contributed by atoms with Gasteiger partial charge in [0.1, 0.15) is 0 Å². The molecule has 0 radical (unpaired) electrons. The Morgan fingerprint density at radius 3 is 1.38 bits per heavy atom. The van der Waals surface area contributed by atoms with Crippen LogP contribution < -0.4 is 0 Å². The lowest BCUT2D eigenvalue weighted by atomic mass is 10.1. The maximum Gasteiger partial charge on any atom is -0.0346 e. The van der Waals surface area contributed by atoms with E-state index in [4.69, 9.17) is 0 Å². The van der Waals surface area contributed by atoms with Crippen LogP contribution in [0.2, 0.25) is 0 Å². The quantitative estimate of drug-likeness (QED) is 0.518. The number of rotatable bonds is 3. The fourth-order valence-electron chi connectivity index (χ4n) is 0.652. The van der Waals surface area contributed by atoms with Crippen molar-refractivity contribution in [1.82, 2.24) is 0 Å². The van der Waals surface area contributed by atoms with Crippen LogP contribution >= 0.6 is 0 Å². The van der Waals surface area contributed by atoms with E-state index in [1.54, 1.807) is 0 Å². The minimum Gasteiger partial charge on any atom is -0.0991 e. The topological polar surface area (TPSA) is 0 Å². The third kappa shape index (κ3) is 24.6. The van der Waals surface area contributed by atoms with Gasteiger partial charge in [-0.15, -0.1) is 0 Å². The van der Waals surface area contributed by atoms with E-state index in [0.717, 1.165) is 12.8 Å². The summed E-state index contributed by atoms with van der Waals surface area (Å²) in [4.78, 5) is 0. The molecule has 0 spiro atoms. The summed E-state index contributed by atoms with van der Waals surface area (Å²) in [7, 11) is 0. The Hall–Kier alpha value is -0.520. The van der Waals surface area contributed by atoms with Gasteiger partial charge in [0.2, 0.25) is 0 Å². The van der Waals surface area contributed by atoms with Crippen LogP contribution in [0.5, 0.6) is 0 Å². The van der Waals surface area contributed by atoms with E-state index in [2.05, 4.69) is 40.3 Å². The normalized spacial score (nSPS) is 6.92. The number of hydrogen-bond acceptors (Lipinski definition) is 0. The van der Waals surface area contributed by atoms with Crippen LogP contribution in [0.1, 0.15) is 60.8 Å². The summed E-state index contributed by atoms with van der Waals surface area (Å²) in [6.07, 6.45) is 7.49. The largest absolute Gasteiger partial charge is 0.0991 e. The van der Waals surface area contributed by atoms with E-state index in [1.165, 1.54) is 12.0 Å². The molecule has 13 heavy (non-hydrogen) atoms. The van der Waals surface area contributed by atoms with Crippen molar-refractivity contribution < 1.29 is 0 Å². The molecule has 0 fully saturated rings. The van der Waals surface area contributed by atoms with Gasteiger partial charge in [-0.3, -0.25) is 0 Å². The minimum absolute atomic E-state index is 1.16. The van der Waals surface area contributed by atoms with Gasteiger partial charge in [0.05, 0.1) is 0 Å². The summed E-state index contributed by atoms with van der Waals surface area (Å²) in [6, 6.07) is 0. The molecule has 0 atom stereocenters. The summed E-state index contributed by atoms with van der Waals surface area (Å²) < 4.78 is 0. The zero-order valence-electron chi connectivity index (χ0n) is 10.5. The second kappa shape index (κ2) is 22.5. The van der Waals surface area contributed by atoms with Crippen LogP contribution in [-0.2, 0) is 0 Å². The molecule has 0 aromatic rings. The van der Waals surface area contributed by atoms with Gasteiger partial charge in [-0.05, 0) is 12.8 Å². The Bertz CT molecular complexity index is 92.6.